The fourth-order valence-electron chi connectivity index (χ4n) is 3.84. The maximum Gasteiger partial charge on any atom is 0.229 e. The maximum atomic E-state index is 12.5. The van der Waals surface area contributed by atoms with E-state index in [0.717, 1.165) is 47.8 Å². The topological polar surface area (TPSA) is 71.0 Å². The highest BCUT2D eigenvalue weighted by molar-refractivity contribution is 7.21. The molecule has 3 aromatic heterocycles. The molecule has 0 radical (unpaired) electrons. The van der Waals surface area contributed by atoms with Gasteiger partial charge in [0.1, 0.15) is 16.5 Å². The van der Waals surface area contributed by atoms with Gasteiger partial charge in [-0.05, 0) is 31.4 Å². The zero-order valence-corrected chi connectivity index (χ0v) is 18.2. The summed E-state index contributed by atoms with van der Waals surface area (Å²) in [6.07, 6.45) is 3.31. The van der Waals surface area contributed by atoms with Crippen molar-refractivity contribution in [1.29, 1.82) is 0 Å². The molecule has 8 heteroatoms. The van der Waals surface area contributed by atoms with Crippen LogP contribution >= 0.6 is 22.7 Å². The molecule has 5 rings (SSSR count). The van der Waals surface area contributed by atoms with Crippen LogP contribution < -0.4 is 10.2 Å². The largest absolute Gasteiger partial charge is 0.356 e. The zero-order chi connectivity index (χ0) is 20.5. The first-order valence-corrected chi connectivity index (χ1v) is 11.7. The number of anilines is 2. The number of hydrogen-bond acceptors (Lipinski definition) is 7. The molecule has 1 aliphatic heterocycles. The lowest BCUT2D eigenvalue weighted by Gasteiger charge is -2.32. The zero-order valence-electron chi connectivity index (χ0n) is 16.5. The number of piperidine rings is 1. The molecule has 0 spiro atoms. The third kappa shape index (κ3) is 3.80. The molecule has 6 nitrogen and oxygen atoms in total. The summed E-state index contributed by atoms with van der Waals surface area (Å²) in [6, 6.07) is 12.6. The molecule has 4 heterocycles. The van der Waals surface area contributed by atoms with Gasteiger partial charge in [-0.3, -0.25) is 4.79 Å². The fraction of sp³-hybridized carbons (Fsp3) is 0.273. The summed E-state index contributed by atoms with van der Waals surface area (Å²) in [5.74, 6) is 1.83. The van der Waals surface area contributed by atoms with Gasteiger partial charge in [-0.25, -0.2) is 15.0 Å². The molecule has 0 saturated carbocycles. The monoisotopic (exact) mass is 435 g/mol. The van der Waals surface area contributed by atoms with Gasteiger partial charge in [-0.1, -0.05) is 30.3 Å². The van der Waals surface area contributed by atoms with Crippen LogP contribution in [0.4, 0.5) is 10.9 Å². The minimum atomic E-state index is 0.00549. The van der Waals surface area contributed by atoms with Crippen molar-refractivity contribution in [3.05, 3.63) is 53.8 Å². The SMILES string of the molecule is Cc1nc(N2CCC(C(=O)Nc3nccs3)CC2)c2cc(-c3ccccc3)sc2n1. The molecule has 1 N–H and O–H groups in total. The Morgan fingerprint density at radius 2 is 1.97 bits per heavy atom. The summed E-state index contributed by atoms with van der Waals surface area (Å²) in [4.78, 5) is 30.7. The van der Waals surface area contributed by atoms with Gasteiger partial charge in [0.05, 0.1) is 5.39 Å². The van der Waals surface area contributed by atoms with Gasteiger partial charge >= 0.3 is 0 Å². The summed E-state index contributed by atoms with van der Waals surface area (Å²) in [6.45, 7) is 3.55. The van der Waals surface area contributed by atoms with Crippen LogP contribution in [0.15, 0.2) is 48.0 Å². The van der Waals surface area contributed by atoms with Crippen LogP contribution in [0.5, 0.6) is 0 Å². The highest BCUT2D eigenvalue weighted by Crippen LogP contribution is 2.37. The van der Waals surface area contributed by atoms with Crippen LogP contribution in [0.2, 0.25) is 0 Å². The molecule has 0 aliphatic carbocycles. The van der Waals surface area contributed by atoms with E-state index >= 15 is 0 Å². The minimum absolute atomic E-state index is 0.00549. The van der Waals surface area contributed by atoms with Gasteiger partial charge in [0.15, 0.2) is 5.13 Å². The smallest absolute Gasteiger partial charge is 0.229 e. The first-order chi connectivity index (χ1) is 14.7. The second-order valence-corrected chi connectivity index (χ2v) is 9.30. The van der Waals surface area contributed by atoms with E-state index in [-0.39, 0.29) is 11.8 Å². The lowest BCUT2D eigenvalue weighted by molar-refractivity contribution is -0.120. The molecule has 0 atom stereocenters. The van der Waals surface area contributed by atoms with E-state index in [4.69, 9.17) is 4.98 Å². The Morgan fingerprint density at radius 1 is 1.17 bits per heavy atom. The van der Waals surface area contributed by atoms with Crippen molar-refractivity contribution in [2.24, 2.45) is 5.92 Å². The number of benzene rings is 1. The van der Waals surface area contributed by atoms with E-state index in [2.05, 4.69) is 50.5 Å². The van der Waals surface area contributed by atoms with Crippen molar-refractivity contribution in [1.82, 2.24) is 15.0 Å². The normalized spacial score (nSPS) is 14.9. The van der Waals surface area contributed by atoms with Crippen molar-refractivity contribution in [3.8, 4) is 10.4 Å². The average molecular weight is 436 g/mol. The third-order valence-corrected chi connectivity index (χ3v) is 7.14. The molecule has 152 valence electrons. The van der Waals surface area contributed by atoms with Gasteiger partial charge < -0.3 is 10.2 Å². The van der Waals surface area contributed by atoms with Gasteiger partial charge in [0, 0.05) is 35.5 Å². The summed E-state index contributed by atoms with van der Waals surface area (Å²) < 4.78 is 0. The molecule has 4 aromatic rings. The molecule has 1 amide bonds. The molecule has 1 saturated heterocycles. The number of thiazole rings is 1. The van der Waals surface area contributed by atoms with Gasteiger partial charge in [0.2, 0.25) is 5.91 Å². The van der Waals surface area contributed by atoms with Crippen molar-refractivity contribution < 1.29 is 4.79 Å². The lowest BCUT2D eigenvalue weighted by Crippen LogP contribution is -2.38. The number of carbonyl (C=O) groups is 1. The first-order valence-electron chi connectivity index (χ1n) is 9.96. The Labute approximate surface area is 182 Å². The van der Waals surface area contributed by atoms with E-state index in [1.165, 1.54) is 21.8 Å². The van der Waals surface area contributed by atoms with Crippen molar-refractivity contribution in [2.75, 3.05) is 23.3 Å². The van der Waals surface area contributed by atoms with Crippen molar-refractivity contribution in [3.63, 3.8) is 0 Å². The standard InChI is InChI=1S/C22H21N5OS2/c1-14-24-19(17-13-18(30-21(17)25-14)15-5-3-2-4-6-15)27-10-7-16(8-11-27)20(28)26-22-23-9-12-29-22/h2-6,9,12-13,16H,7-8,10-11H2,1H3,(H,23,26,28). The summed E-state index contributed by atoms with van der Waals surface area (Å²) >= 11 is 3.15. The second-order valence-electron chi connectivity index (χ2n) is 7.38. The minimum Gasteiger partial charge on any atom is -0.356 e. The number of aromatic nitrogens is 3. The molecule has 1 fully saturated rings. The molecule has 30 heavy (non-hydrogen) atoms. The van der Waals surface area contributed by atoms with E-state index in [0.29, 0.717) is 5.13 Å². The predicted octanol–water partition coefficient (Wildman–Crippen LogP) is 4.98. The highest BCUT2D eigenvalue weighted by atomic mass is 32.1. The summed E-state index contributed by atoms with van der Waals surface area (Å²) in [7, 11) is 0. The van der Waals surface area contributed by atoms with Crippen LogP contribution in [-0.2, 0) is 4.79 Å². The van der Waals surface area contributed by atoms with E-state index < -0.39 is 0 Å². The number of amides is 1. The predicted molar refractivity (Wildman–Crippen MR) is 123 cm³/mol. The number of thiophene rings is 1. The quantitative estimate of drug-likeness (QED) is 0.490. The summed E-state index contributed by atoms with van der Waals surface area (Å²) in [5, 5.41) is 6.56. The van der Waals surface area contributed by atoms with Gasteiger partial charge in [-0.2, -0.15) is 0 Å². The van der Waals surface area contributed by atoms with Crippen LogP contribution in [0.3, 0.4) is 0 Å². The summed E-state index contributed by atoms with van der Waals surface area (Å²) in [5.41, 5.74) is 1.20. The Balaban J connectivity index is 1.36. The molecule has 0 unspecified atom stereocenters. The Kier molecular flexibility index (Phi) is 5.18. The number of fused-ring (bicyclic) bond motifs is 1. The second kappa shape index (κ2) is 8.12. The van der Waals surface area contributed by atoms with Crippen LogP contribution in [0, 0.1) is 12.8 Å². The molecule has 1 aliphatic rings. The Hall–Kier alpha value is -2.84. The van der Waals surface area contributed by atoms with Gasteiger partial charge in [-0.15, -0.1) is 22.7 Å². The number of aryl methyl sites for hydroxylation is 1. The van der Waals surface area contributed by atoms with Gasteiger partial charge in [0.25, 0.3) is 0 Å². The third-order valence-electron chi connectivity index (χ3n) is 5.37. The Morgan fingerprint density at radius 3 is 2.70 bits per heavy atom. The number of hydrogen-bond donors (Lipinski definition) is 1. The highest BCUT2D eigenvalue weighted by Gasteiger charge is 2.27. The number of nitrogens with zero attached hydrogens (tertiary/aromatic N) is 4. The van der Waals surface area contributed by atoms with E-state index in [1.807, 2.05) is 18.4 Å². The fourth-order valence-corrected chi connectivity index (χ4v) is 5.45. The molecular weight excluding hydrogens is 414 g/mol. The maximum absolute atomic E-state index is 12.5. The Bertz CT molecular complexity index is 1170. The molecular formula is C22H21N5OS2. The van der Waals surface area contributed by atoms with Crippen LogP contribution in [-0.4, -0.2) is 33.9 Å². The average Bonchev–Trinajstić information content (AvgIpc) is 3.43. The number of rotatable bonds is 4. The lowest BCUT2D eigenvalue weighted by atomic mass is 9.96. The number of carbonyl (C=O) groups excluding carboxylic acids is 1. The molecule has 1 aromatic carbocycles. The van der Waals surface area contributed by atoms with Crippen LogP contribution in [0.25, 0.3) is 20.7 Å². The van der Waals surface area contributed by atoms with Crippen molar-refractivity contribution in [2.45, 2.75) is 19.8 Å². The van der Waals surface area contributed by atoms with Crippen molar-refractivity contribution >= 4 is 49.7 Å². The van der Waals surface area contributed by atoms with E-state index in [1.54, 1.807) is 17.5 Å². The first kappa shape index (κ1) is 19.1. The number of nitrogens with one attached hydrogen (secondary N) is 1. The van der Waals surface area contributed by atoms with E-state index in [9.17, 15) is 4.79 Å². The van der Waals surface area contributed by atoms with Crippen LogP contribution in [0.1, 0.15) is 18.7 Å². The molecule has 0 bridgehead atoms.